The van der Waals surface area contributed by atoms with Gasteiger partial charge in [0.15, 0.2) is 5.78 Å². The van der Waals surface area contributed by atoms with E-state index in [0.29, 0.717) is 16.3 Å². The molecule has 0 heterocycles. The zero-order valence-electron chi connectivity index (χ0n) is 9.21. The van der Waals surface area contributed by atoms with Gasteiger partial charge in [-0.25, -0.2) is 0 Å². The molecule has 2 rings (SSSR count). The van der Waals surface area contributed by atoms with E-state index < -0.39 is 0 Å². The smallest absolute Gasteiger partial charge is 0.168 e. The normalized spacial score (nSPS) is 17.3. The van der Waals surface area contributed by atoms with E-state index in [0.717, 1.165) is 25.7 Å². The lowest BCUT2D eigenvalue weighted by atomic mass is 9.83. The highest BCUT2D eigenvalue weighted by molar-refractivity contribution is 6.34. The molecule has 16 heavy (non-hydrogen) atoms. The molecule has 0 amide bonds. The number of Topliss-reactive ketones (excluding diaryl/α,β-unsaturated/α-hetero) is 1. The summed E-state index contributed by atoms with van der Waals surface area (Å²) in [6, 6.07) is 5.28. The van der Waals surface area contributed by atoms with Gasteiger partial charge < -0.3 is 5.73 Å². The van der Waals surface area contributed by atoms with Gasteiger partial charge in [-0.15, -0.1) is 0 Å². The first-order chi connectivity index (χ1) is 7.70. The van der Waals surface area contributed by atoms with Crippen molar-refractivity contribution in [3.63, 3.8) is 0 Å². The summed E-state index contributed by atoms with van der Waals surface area (Å²) in [7, 11) is 0. The number of nitrogens with two attached hydrogens (primary N) is 1. The summed E-state index contributed by atoms with van der Waals surface area (Å²) in [5.41, 5.74) is 6.86. The third-order valence-electron chi connectivity index (χ3n) is 3.29. The van der Waals surface area contributed by atoms with E-state index in [1.165, 1.54) is 6.42 Å². The molecule has 0 radical (unpaired) electrons. The van der Waals surface area contributed by atoms with Crippen LogP contribution in [0, 0.1) is 5.92 Å². The van der Waals surface area contributed by atoms with Gasteiger partial charge in [0.25, 0.3) is 0 Å². The van der Waals surface area contributed by atoms with Gasteiger partial charge in [0.2, 0.25) is 0 Å². The fraction of sp³-hybridized carbons (Fsp3) is 0.462. The first kappa shape index (κ1) is 11.5. The number of hydrogen-bond acceptors (Lipinski definition) is 2. The van der Waals surface area contributed by atoms with Crippen LogP contribution < -0.4 is 5.73 Å². The van der Waals surface area contributed by atoms with Gasteiger partial charge in [-0.1, -0.05) is 36.9 Å². The van der Waals surface area contributed by atoms with Crippen molar-refractivity contribution >= 4 is 23.1 Å². The summed E-state index contributed by atoms with van der Waals surface area (Å²) in [4.78, 5) is 12.2. The Morgan fingerprint density at radius 3 is 2.62 bits per heavy atom. The van der Waals surface area contributed by atoms with E-state index >= 15 is 0 Å². The monoisotopic (exact) mass is 237 g/mol. The topological polar surface area (TPSA) is 43.1 Å². The van der Waals surface area contributed by atoms with Crippen LogP contribution in [0.1, 0.15) is 42.5 Å². The predicted octanol–water partition coefficient (Wildman–Crippen LogP) is 3.69. The van der Waals surface area contributed by atoms with Gasteiger partial charge in [-0.3, -0.25) is 4.79 Å². The Bertz CT molecular complexity index is 397. The fourth-order valence-corrected chi connectivity index (χ4v) is 2.51. The zero-order valence-corrected chi connectivity index (χ0v) is 9.96. The molecular weight excluding hydrogens is 222 g/mol. The van der Waals surface area contributed by atoms with Gasteiger partial charge in [0.05, 0.1) is 10.7 Å². The van der Waals surface area contributed by atoms with Crippen LogP contribution in [0.2, 0.25) is 5.02 Å². The molecule has 0 spiro atoms. The summed E-state index contributed by atoms with van der Waals surface area (Å²) >= 11 is 5.92. The van der Waals surface area contributed by atoms with Crippen molar-refractivity contribution in [1.82, 2.24) is 0 Å². The number of hydrogen-bond donors (Lipinski definition) is 1. The van der Waals surface area contributed by atoms with Crippen LogP contribution in [0.3, 0.4) is 0 Å². The molecule has 1 aromatic rings. The summed E-state index contributed by atoms with van der Waals surface area (Å²) in [6.07, 6.45) is 5.53. The molecule has 0 aromatic heterocycles. The molecule has 2 N–H and O–H groups in total. The summed E-state index contributed by atoms with van der Waals surface area (Å²) in [6.45, 7) is 0. The molecule has 86 valence electrons. The second-order valence-electron chi connectivity index (χ2n) is 4.40. The SMILES string of the molecule is Nc1c(Cl)cccc1C(=O)C1CCCCC1. The first-order valence-electron chi connectivity index (χ1n) is 5.78. The van der Waals surface area contributed by atoms with Gasteiger partial charge in [0.1, 0.15) is 0 Å². The highest BCUT2D eigenvalue weighted by atomic mass is 35.5. The van der Waals surface area contributed by atoms with Gasteiger partial charge in [-0.05, 0) is 25.0 Å². The van der Waals surface area contributed by atoms with E-state index in [1.807, 2.05) is 0 Å². The van der Waals surface area contributed by atoms with Crippen LogP contribution >= 0.6 is 11.6 Å². The number of ketones is 1. The maximum Gasteiger partial charge on any atom is 0.168 e. The summed E-state index contributed by atoms with van der Waals surface area (Å²) in [5.74, 6) is 0.314. The van der Waals surface area contributed by atoms with Crippen molar-refractivity contribution in [1.29, 1.82) is 0 Å². The highest BCUT2D eigenvalue weighted by Gasteiger charge is 2.24. The molecule has 0 bridgehead atoms. The van der Waals surface area contributed by atoms with E-state index in [4.69, 9.17) is 17.3 Å². The molecule has 1 aromatic carbocycles. The molecule has 0 atom stereocenters. The molecule has 1 fully saturated rings. The first-order valence-corrected chi connectivity index (χ1v) is 6.16. The Labute approximate surface area is 101 Å². The van der Waals surface area contributed by atoms with Crippen LogP contribution in [-0.2, 0) is 0 Å². The number of para-hydroxylation sites is 1. The summed E-state index contributed by atoms with van der Waals surface area (Å²) in [5, 5.41) is 0.474. The van der Waals surface area contributed by atoms with Crippen molar-refractivity contribution in [3.05, 3.63) is 28.8 Å². The standard InChI is InChI=1S/C13H16ClNO/c14-11-8-4-7-10(12(11)15)13(16)9-5-2-1-3-6-9/h4,7-9H,1-3,5-6,15H2. The lowest BCUT2D eigenvalue weighted by Gasteiger charge is -2.21. The average Bonchev–Trinajstić information content (AvgIpc) is 2.33. The fourth-order valence-electron chi connectivity index (χ4n) is 2.34. The van der Waals surface area contributed by atoms with Crippen molar-refractivity contribution in [2.75, 3.05) is 5.73 Å². The maximum atomic E-state index is 12.2. The van der Waals surface area contributed by atoms with Crippen molar-refractivity contribution in [2.45, 2.75) is 32.1 Å². The van der Waals surface area contributed by atoms with Crippen LogP contribution in [0.5, 0.6) is 0 Å². The number of halogens is 1. The third-order valence-corrected chi connectivity index (χ3v) is 3.62. The molecule has 1 aliphatic rings. The van der Waals surface area contributed by atoms with E-state index in [1.54, 1.807) is 18.2 Å². The minimum absolute atomic E-state index is 0.148. The Kier molecular flexibility index (Phi) is 3.49. The zero-order chi connectivity index (χ0) is 11.5. The highest BCUT2D eigenvalue weighted by Crippen LogP contribution is 2.30. The molecule has 0 aliphatic heterocycles. The van der Waals surface area contributed by atoms with Crippen LogP contribution in [0.4, 0.5) is 5.69 Å². The number of rotatable bonds is 2. The minimum Gasteiger partial charge on any atom is -0.397 e. The predicted molar refractivity (Wildman–Crippen MR) is 66.8 cm³/mol. The number of nitrogen functional groups attached to an aromatic ring is 1. The number of carbonyl (C=O) groups excluding carboxylic acids is 1. The van der Waals surface area contributed by atoms with Crippen molar-refractivity contribution in [3.8, 4) is 0 Å². The molecule has 1 aliphatic carbocycles. The number of anilines is 1. The average molecular weight is 238 g/mol. The van der Waals surface area contributed by atoms with E-state index in [2.05, 4.69) is 0 Å². The molecular formula is C13H16ClNO. The van der Waals surface area contributed by atoms with Crippen molar-refractivity contribution < 1.29 is 4.79 Å². The summed E-state index contributed by atoms with van der Waals surface area (Å²) < 4.78 is 0. The Hall–Kier alpha value is -1.02. The van der Waals surface area contributed by atoms with E-state index in [-0.39, 0.29) is 11.7 Å². The Morgan fingerprint density at radius 1 is 1.25 bits per heavy atom. The van der Waals surface area contributed by atoms with E-state index in [9.17, 15) is 4.79 Å². The lowest BCUT2D eigenvalue weighted by Crippen LogP contribution is -2.19. The van der Waals surface area contributed by atoms with Crippen molar-refractivity contribution in [2.24, 2.45) is 5.92 Å². The number of benzene rings is 1. The van der Waals surface area contributed by atoms with Gasteiger partial charge in [-0.2, -0.15) is 0 Å². The quantitative estimate of drug-likeness (QED) is 0.630. The molecule has 0 unspecified atom stereocenters. The molecule has 3 heteroatoms. The minimum atomic E-state index is 0.148. The number of carbonyl (C=O) groups is 1. The largest absolute Gasteiger partial charge is 0.397 e. The lowest BCUT2D eigenvalue weighted by molar-refractivity contribution is 0.0890. The maximum absolute atomic E-state index is 12.2. The Morgan fingerprint density at radius 2 is 1.94 bits per heavy atom. The van der Waals surface area contributed by atoms with Crippen LogP contribution in [0.15, 0.2) is 18.2 Å². The molecule has 1 saturated carbocycles. The Balaban J connectivity index is 2.22. The second-order valence-corrected chi connectivity index (χ2v) is 4.81. The van der Waals surface area contributed by atoms with Crippen LogP contribution in [-0.4, -0.2) is 5.78 Å². The molecule has 2 nitrogen and oxygen atoms in total. The van der Waals surface area contributed by atoms with Gasteiger partial charge in [0, 0.05) is 11.5 Å². The second kappa shape index (κ2) is 4.88. The van der Waals surface area contributed by atoms with Gasteiger partial charge >= 0.3 is 0 Å². The van der Waals surface area contributed by atoms with Crippen LogP contribution in [0.25, 0.3) is 0 Å². The third kappa shape index (κ3) is 2.22. The molecule has 0 saturated heterocycles.